The van der Waals surface area contributed by atoms with Crippen molar-refractivity contribution >= 4 is 11.8 Å². The summed E-state index contributed by atoms with van der Waals surface area (Å²) in [6.45, 7) is 1.50. The van der Waals surface area contributed by atoms with Crippen LogP contribution < -0.4 is 0 Å². The molecule has 1 atom stereocenters. The number of carbonyl (C=O) groups excluding carboxylic acids is 1. The average Bonchev–Trinajstić information content (AvgIpc) is 2.18. The van der Waals surface area contributed by atoms with Crippen molar-refractivity contribution in [1.29, 1.82) is 0 Å². The molecule has 0 aliphatic rings. The molecule has 3 heteroatoms. The molecule has 0 amide bonds. The van der Waals surface area contributed by atoms with Gasteiger partial charge in [-0.05, 0) is 18.9 Å². The molecule has 1 aromatic carbocycles. The fraction of sp³-hybridized carbons (Fsp3) is 0.333. The zero-order chi connectivity index (χ0) is 11.3. The molecule has 0 saturated heterocycles. The quantitative estimate of drug-likeness (QED) is 0.803. The molecule has 0 heterocycles. The Labute approximate surface area is 88.7 Å². The normalized spacial score (nSPS) is 12.1. The van der Waals surface area contributed by atoms with E-state index in [-0.39, 0.29) is 18.1 Å². The first-order valence-electron chi connectivity index (χ1n) is 4.88. The Morgan fingerprint density at radius 2 is 1.87 bits per heavy atom. The van der Waals surface area contributed by atoms with Crippen LogP contribution in [0.1, 0.15) is 31.2 Å². The van der Waals surface area contributed by atoms with Crippen LogP contribution in [0, 0.1) is 0 Å². The van der Waals surface area contributed by atoms with Gasteiger partial charge < -0.3 is 5.11 Å². The molecule has 1 unspecified atom stereocenters. The van der Waals surface area contributed by atoms with Crippen LogP contribution >= 0.6 is 0 Å². The van der Waals surface area contributed by atoms with Crippen LogP contribution in [0.25, 0.3) is 0 Å². The number of aliphatic carboxylic acids is 1. The van der Waals surface area contributed by atoms with E-state index in [1.807, 2.05) is 30.3 Å². The average molecular weight is 206 g/mol. The lowest BCUT2D eigenvalue weighted by Crippen LogP contribution is -2.10. The molecule has 0 bridgehead atoms. The number of carbonyl (C=O) groups is 2. The lowest BCUT2D eigenvalue weighted by Gasteiger charge is -2.12. The second-order valence-electron chi connectivity index (χ2n) is 3.51. The fourth-order valence-electron chi connectivity index (χ4n) is 1.56. The molecule has 0 fully saturated rings. The maximum Gasteiger partial charge on any atom is 0.303 e. The van der Waals surface area contributed by atoms with Crippen molar-refractivity contribution < 1.29 is 14.7 Å². The van der Waals surface area contributed by atoms with Gasteiger partial charge in [0.2, 0.25) is 0 Å². The smallest absolute Gasteiger partial charge is 0.303 e. The second kappa shape index (κ2) is 5.29. The highest BCUT2D eigenvalue weighted by atomic mass is 16.4. The van der Waals surface area contributed by atoms with E-state index in [4.69, 9.17) is 5.11 Å². The molecule has 1 aromatic rings. The van der Waals surface area contributed by atoms with Gasteiger partial charge in [0.25, 0.3) is 0 Å². The topological polar surface area (TPSA) is 54.4 Å². The number of carboxylic acids is 1. The minimum Gasteiger partial charge on any atom is -0.481 e. The summed E-state index contributed by atoms with van der Waals surface area (Å²) in [5.41, 5.74) is 0.895. The third-order valence-corrected chi connectivity index (χ3v) is 2.34. The van der Waals surface area contributed by atoms with Crippen molar-refractivity contribution in [3.63, 3.8) is 0 Å². The lowest BCUT2D eigenvalue weighted by atomic mass is 9.91. The summed E-state index contributed by atoms with van der Waals surface area (Å²) in [4.78, 5) is 21.8. The Kier molecular flexibility index (Phi) is 4.03. The zero-order valence-corrected chi connectivity index (χ0v) is 8.64. The molecule has 1 rings (SSSR count). The first-order chi connectivity index (χ1) is 7.11. The molecule has 0 aromatic heterocycles. The summed E-state index contributed by atoms with van der Waals surface area (Å²) in [5, 5.41) is 8.58. The summed E-state index contributed by atoms with van der Waals surface area (Å²) in [5.74, 6) is -1.14. The molecule has 0 spiro atoms. The van der Waals surface area contributed by atoms with Gasteiger partial charge in [-0.15, -0.1) is 0 Å². The van der Waals surface area contributed by atoms with E-state index in [1.54, 1.807) is 0 Å². The van der Waals surface area contributed by atoms with Gasteiger partial charge in [-0.25, -0.2) is 0 Å². The van der Waals surface area contributed by atoms with Crippen molar-refractivity contribution in [1.82, 2.24) is 0 Å². The van der Waals surface area contributed by atoms with E-state index in [9.17, 15) is 9.59 Å². The van der Waals surface area contributed by atoms with E-state index in [1.165, 1.54) is 6.92 Å². The summed E-state index contributed by atoms with van der Waals surface area (Å²) in [6.07, 6.45) is 0.397. The van der Waals surface area contributed by atoms with Gasteiger partial charge in [-0.1, -0.05) is 30.3 Å². The van der Waals surface area contributed by atoms with Crippen LogP contribution in [-0.4, -0.2) is 16.9 Å². The molecule has 0 radical (unpaired) electrons. The molecular formula is C12H14O3. The number of hydrogen-bond donors (Lipinski definition) is 1. The summed E-state index contributed by atoms with van der Waals surface area (Å²) in [6, 6.07) is 9.29. The van der Waals surface area contributed by atoms with E-state index in [0.717, 1.165) is 5.56 Å². The van der Waals surface area contributed by atoms with Gasteiger partial charge in [0, 0.05) is 12.3 Å². The fourth-order valence-corrected chi connectivity index (χ4v) is 1.56. The van der Waals surface area contributed by atoms with Crippen LogP contribution in [0.2, 0.25) is 0 Å². The molecule has 3 nitrogen and oxygen atoms in total. The van der Waals surface area contributed by atoms with Gasteiger partial charge in [0.1, 0.15) is 5.78 Å². The molecule has 1 N–H and O–H groups in total. The van der Waals surface area contributed by atoms with Crippen LogP contribution in [0.4, 0.5) is 0 Å². The van der Waals surface area contributed by atoms with Crippen molar-refractivity contribution in [3.8, 4) is 0 Å². The Balaban J connectivity index is 2.75. The molecule has 0 aliphatic carbocycles. The minimum absolute atomic E-state index is 0.0162. The SMILES string of the molecule is CC(=O)C(CCC(=O)O)c1ccccc1. The van der Waals surface area contributed by atoms with Gasteiger partial charge in [-0.3, -0.25) is 9.59 Å². The van der Waals surface area contributed by atoms with Gasteiger partial charge in [0.15, 0.2) is 0 Å². The molecule has 0 aliphatic heterocycles. The minimum atomic E-state index is -0.864. The Morgan fingerprint density at radius 1 is 1.27 bits per heavy atom. The van der Waals surface area contributed by atoms with E-state index >= 15 is 0 Å². The third-order valence-electron chi connectivity index (χ3n) is 2.34. The maximum absolute atomic E-state index is 11.4. The van der Waals surface area contributed by atoms with Crippen molar-refractivity contribution in [2.45, 2.75) is 25.7 Å². The molecule has 15 heavy (non-hydrogen) atoms. The van der Waals surface area contributed by atoms with Crippen molar-refractivity contribution in [2.24, 2.45) is 0 Å². The maximum atomic E-state index is 11.4. The third kappa shape index (κ3) is 3.54. The van der Waals surface area contributed by atoms with Crippen LogP contribution in [0.5, 0.6) is 0 Å². The number of ketones is 1. The highest BCUT2D eigenvalue weighted by Gasteiger charge is 2.17. The largest absolute Gasteiger partial charge is 0.481 e. The number of hydrogen-bond acceptors (Lipinski definition) is 2. The van der Waals surface area contributed by atoms with Crippen LogP contribution in [0.3, 0.4) is 0 Å². The lowest BCUT2D eigenvalue weighted by molar-refractivity contribution is -0.137. The standard InChI is InChI=1S/C12H14O3/c1-9(13)11(7-8-12(14)15)10-5-3-2-4-6-10/h2-6,11H,7-8H2,1H3,(H,14,15). The zero-order valence-electron chi connectivity index (χ0n) is 8.64. The van der Waals surface area contributed by atoms with Crippen molar-refractivity contribution in [2.75, 3.05) is 0 Å². The van der Waals surface area contributed by atoms with Crippen LogP contribution in [0.15, 0.2) is 30.3 Å². The first kappa shape index (κ1) is 11.4. The van der Waals surface area contributed by atoms with Gasteiger partial charge in [-0.2, -0.15) is 0 Å². The number of Topliss-reactive ketones (excluding diaryl/α,β-unsaturated/α-hetero) is 1. The van der Waals surface area contributed by atoms with E-state index < -0.39 is 5.97 Å². The highest BCUT2D eigenvalue weighted by molar-refractivity contribution is 5.83. The van der Waals surface area contributed by atoms with Gasteiger partial charge in [0.05, 0.1) is 0 Å². The van der Waals surface area contributed by atoms with E-state index in [2.05, 4.69) is 0 Å². The van der Waals surface area contributed by atoms with Gasteiger partial charge >= 0.3 is 5.97 Å². The van der Waals surface area contributed by atoms with Crippen LogP contribution in [-0.2, 0) is 9.59 Å². The number of carboxylic acid groups (broad SMARTS) is 1. The molecule has 80 valence electrons. The summed E-state index contributed by atoms with van der Waals surface area (Å²) >= 11 is 0. The molecule has 0 saturated carbocycles. The number of rotatable bonds is 5. The summed E-state index contributed by atoms with van der Waals surface area (Å²) in [7, 11) is 0. The monoisotopic (exact) mass is 206 g/mol. The first-order valence-corrected chi connectivity index (χ1v) is 4.88. The second-order valence-corrected chi connectivity index (χ2v) is 3.51. The van der Waals surface area contributed by atoms with Crippen molar-refractivity contribution in [3.05, 3.63) is 35.9 Å². The number of benzene rings is 1. The Morgan fingerprint density at radius 3 is 2.33 bits per heavy atom. The predicted molar refractivity (Wildman–Crippen MR) is 56.7 cm³/mol. The van der Waals surface area contributed by atoms with E-state index in [0.29, 0.717) is 6.42 Å². The predicted octanol–water partition coefficient (Wildman–Crippen LogP) is 2.22. The highest BCUT2D eigenvalue weighted by Crippen LogP contribution is 2.21. The molecular weight excluding hydrogens is 192 g/mol. The Hall–Kier alpha value is -1.64. The summed E-state index contributed by atoms with van der Waals surface area (Å²) < 4.78 is 0. The Bertz CT molecular complexity index is 343.